The molecule has 0 fully saturated rings. The van der Waals surface area contributed by atoms with E-state index in [1.165, 1.54) is 10.4 Å². The molecule has 102 valence electrons. The molecule has 0 radical (unpaired) electrons. The minimum Gasteiger partial charge on any atom is -0.301 e. The second-order valence-corrected chi connectivity index (χ2v) is 6.98. The van der Waals surface area contributed by atoms with Gasteiger partial charge in [-0.25, -0.2) is 4.98 Å². The van der Waals surface area contributed by atoms with E-state index >= 15 is 0 Å². The normalized spacial score (nSPS) is 17.6. The van der Waals surface area contributed by atoms with E-state index in [-0.39, 0.29) is 10.9 Å². The summed E-state index contributed by atoms with van der Waals surface area (Å²) in [6.45, 7) is 4.31. The highest BCUT2D eigenvalue weighted by Crippen LogP contribution is 2.31. The molecule has 0 saturated heterocycles. The Morgan fingerprint density at radius 3 is 3.11 bits per heavy atom. The minimum absolute atomic E-state index is 0.0551. The van der Waals surface area contributed by atoms with Gasteiger partial charge in [-0.05, 0) is 26.0 Å². The second-order valence-electron chi connectivity index (χ2n) is 5.15. The van der Waals surface area contributed by atoms with Crippen LogP contribution in [0, 0.1) is 0 Å². The average Bonchev–Trinajstić information content (AvgIpc) is 2.70. The molecule has 19 heavy (non-hydrogen) atoms. The number of fused-ring (bicyclic) bond motifs is 3. The summed E-state index contributed by atoms with van der Waals surface area (Å²) in [6, 6.07) is 0. The molecular formula is C13H16ClN3OS. The second kappa shape index (κ2) is 4.89. The Labute approximate surface area is 120 Å². The average molecular weight is 298 g/mol. The molecule has 1 aliphatic rings. The molecular weight excluding hydrogens is 282 g/mol. The Morgan fingerprint density at radius 2 is 2.37 bits per heavy atom. The summed E-state index contributed by atoms with van der Waals surface area (Å²) in [5.41, 5.74) is 1.26. The van der Waals surface area contributed by atoms with Gasteiger partial charge in [0.25, 0.3) is 5.56 Å². The van der Waals surface area contributed by atoms with Gasteiger partial charge in [0.1, 0.15) is 4.83 Å². The standard InChI is InChI=1S/C13H16ClN3OS/c1-8(14)5-17-7-15-12-11(13(17)18)9-3-4-16(2)6-10(9)19-12/h7-8H,3-6H2,1-2H3. The molecule has 0 saturated carbocycles. The number of likely N-dealkylation sites (N-methyl/N-ethyl adjacent to an activating group) is 1. The lowest BCUT2D eigenvalue weighted by atomic mass is 10.1. The van der Waals surface area contributed by atoms with Crippen LogP contribution in [-0.2, 0) is 19.5 Å². The van der Waals surface area contributed by atoms with E-state index < -0.39 is 0 Å². The highest BCUT2D eigenvalue weighted by Gasteiger charge is 2.22. The Kier molecular flexibility index (Phi) is 3.37. The quantitative estimate of drug-likeness (QED) is 0.797. The number of alkyl halides is 1. The molecule has 1 aliphatic heterocycles. The van der Waals surface area contributed by atoms with Crippen LogP contribution in [0.1, 0.15) is 17.4 Å². The first-order chi connectivity index (χ1) is 9.06. The molecule has 1 unspecified atom stereocenters. The number of hydrogen-bond acceptors (Lipinski definition) is 4. The largest absolute Gasteiger partial charge is 0.301 e. The van der Waals surface area contributed by atoms with Crippen molar-refractivity contribution in [1.29, 1.82) is 0 Å². The number of thiophene rings is 1. The molecule has 0 spiro atoms. The maximum Gasteiger partial charge on any atom is 0.262 e. The first-order valence-corrected chi connectivity index (χ1v) is 7.64. The van der Waals surface area contributed by atoms with Crippen LogP contribution >= 0.6 is 22.9 Å². The van der Waals surface area contributed by atoms with Crippen molar-refractivity contribution in [1.82, 2.24) is 14.5 Å². The highest BCUT2D eigenvalue weighted by atomic mass is 35.5. The van der Waals surface area contributed by atoms with Crippen molar-refractivity contribution < 1.29 is 0 Å². The topological polar surface area (TPSA) is 38.1 Å². The van der Waals surface area contributed by atoms with Gasteiger partial charge in [0.2, 0.25) is 0 Å². The van der Waals surface area contributed by atoms with Crippen LogP contribution in [0.3, 0.4) is 0 Å². The summed E-state index contributed by atoms with van der Waals surface area (Å²) in [5, 5.41) is 0.741. The molecule has 3 rings (SSSR count). The van der Waals surface area contributed by atoms with Crippen molar-refractivity contribution in [3.8, 4) is 0 Å². The molecule has 6 heteroatoms. The lowest BCUT2D eigenvalue weighted by Gasteiger charge is -2.21. The molecule has 4 nitrogen and oxygen atoms in total. The lowest BCUT2D eigenvalue weighted by Crippen LogP contribution is -2.27. The SMILES string of the molecule is CC(Cl)Cn1cnc2sc3c(c2c1=O)CCN(C)C3. The van der Waals surface area contributed by atoms with E-state index in [1.807, 2.05) is 6.92 Å². The van der Waals surface area contributed by atoms with Gasteiger partial charge in [0.05, 0.1) is 11.7 Å². The first kappa shape index (κ1) is 13.1. The van der Waals surface area contributed by atoms with Crippen molar-refractivity contribution >= 4 is 33.2 Å². The lowest BCUT2D eigenvalue weighted by molar-refractivity contribution is 0.318. The number of hydrogen-bond donors (Lipinski definition) is 0. The first-order valence-electron chi connectivity index (χ1n) is 6.38. The van der Waals surface area contributed by atoms with Crippen molar-refractivity contribution in [2.75, 3.05) is 13.6 Å². The van der Waals surface area contributed by atoms with Gasteiger partial charge in [-0.2, -0.15) is 0 Å². The van der Waals surface area contributed by atoms with Crippen LogP contribution in [0.25, 0.3) is 10.2 Å². The number of rotatable bonds is 2. The molecule has 2 aromatic rings. The van der Waals surface area contributed by atoms with E-state index in [2.05, 4.69) is 16.9 Å². The number of aromatic nitrogens is 2. The molecule has 0 bridgehead atoms. The Bertz CT molecular complexity index is 676. The van der Waals surface area contributed by atoms with Crippen LogP contribution in [-0.4, -0.2) is 33.4 Å². The summed E-state index contributed by atoms with van der Waals surface area (Å²) in [6.07, 6.45) is 2.55. The third-order valence-electron chi connectivity index (χ3n) is 3.47. The monoisotopic (exact) mass is 297 g/mol. The van der Waals surface area contributed by atoms with Crippen LogP contribution in [0.2, 0.25) is 0 Å². The summed E-state index contributed by atoms with van der Waals surface area (Å²) in [5.74, 6) is 0. The van der Waals surface area contributed by atoms with Crippen molar-refractivity contribution in [2.45, 2.75) is 31.8 Å². The fourth-order valence-corrected chi connectivity index (χ4v) is 3.95. The van der Waals surface area contributed by atoms with E-state index in [0.29, 0.717) is 6.54 Å². The van der Waals surface area contributed by atoms with E-state index in [4.69, 9.17) is 11.6 Å². The zero-order chi connectivity index (χ0) is 13.6. The van der Waals surface area contributed by atoms with Gasteiger partial charge in [0.15, 0.2) is 0 Å². The predicted molar refractivity (Wildman–Crippen MR) is 79.2 cm³/mol. The summed E-state index contributed by atoms with van der Waals surface area (Å²) in [4.78, 5) is 21.4. The van der Waals surface area contributed by atoms with Gasteiger partial charge >= 0.3 is 0 Å². The number of halogens is 1. The third kappa shape index (κ3) is 2.30. The number of nitrogens with zero attached hydrogens (tertiary/aromatic N) is 3. The van der Waals surface area contributed by atoms with Crippen molar-refractivity contribution in [2.24, 2.45) is 0 Å². The Hall–Kier alpha value is -0.910. The van der Waals surface area contributed by atoms with Crippen LogP contribution < -0.4 is 5.56 Å². The molecule has 0 N–H and O–H groups in total. The maximum absolute atomic E-state index is 12.5. The summed E-state index contributed by atoms with van der Waals surface area (Å²) in [7, 11) is 2.11. The van der Waals surface area contributed by atoms with Gasteiger partial charge in [-0.15, -0.1) is 22.9 Å². The Balaban J connectivity index is 2.17. The van der Waals surface area contributed by atoms with E-state index in [1.54, 1.807) is 22.2 Å². The van der Waals surface area contributed by atoms with Crippen LogP contribution in [0.15, 0.2) is 11.1 Å². The highest BCUT2D eigenvalue weighted by molar-refractivity contribution is 7.18. The molecule has 3 heterocycles. The zero-order valence-electron chi connectivity index (χ0n) is 11.0. The van der Waals surface area contributed by atoms with Crippen LogP contribution in [0.4, 0.5) is 0 Å². The van der Waals surface area contributed by atoms with Crippen molar-refractivity contribution in [3.05, 3.63) is 27.1 Å². The van der Waals surface area contributed by atoms with E-state index in [0.717, 1.165) is 29.7 Å². The molecule has 0 aliphatic carbocycles. The van der Waals surface area contributed by atoms with Gasteiger partial charge < -0.3 is 4.90 Å². The smallest absolute Gasteiger partial charge is 0.262 e. The Morgan fingerprint density at radius 1 is 1.58 bits per heavy atom. The summed E-state index contributed by atoms with van der Waals surface area (Å²) >= 11 is 7.63. The van der Waals surface area contributed by atoms with Gasteiger partial charge in [-0.3, -0.25) is 9.36 Å². The maximum atomic E-state index is 12.5. The predicted octanol–water partition coefficient (Wildman–Crippen LogP) is 2.07. The van der Waals surface area contributed by atoms with Gasteiger partial charge in [0, 0.05) is 29.9 Å². The zero-order valence-corrected chi connectivity index (χ0v) is 12.6. The van der Waals surface area contributed by atoms with Crippen LogP contribution in [0.5, 0.6) is 0 Å². The van der Waals surface area contributed by atoms with E-state index in [9.17, 15) is 4.79 Å². The molecule has 0 amide bonds. The molecule has 2 aromatic heterocycles. The fourth-order valence-electron chi connectivity index (χ4n) is 2.55. The van der Waals surface area contributed by atoms with Crippen molar-refractivity contribution in [3.63, 3.8) is 0 Å². The minimum atomic E-state index is -0.0717. The molecule has 0 aromatic carbocycles. The summed E-state index contributed by atoms with van der Waals surface area (Å²) < 4.78 is 1.63. The fraction of sp³-hybridized carbons (Fsp3) is 0.538. The third-order valence-corrected chi connectivity index (χ3v) is 4.73. The van der Waals surface area contributed by atoms with Gasteiger partial charge in [-0.1, -0.05) is 0 Å². The molecule has 1 atom stereocenters.